The number of aryl methyl sites for hydroxylation is 1. The zero-order valence-corrected chi connectivity index (χ0v) is 18.6. The molecule has 0 unspecified atom stereocenters. The van der Waals surface area contributed by atoms with Crippen molar-refractivity contribution in [2.24, 2.45) is 7.05 Å². The van der Waals surface area contributed by atoms with E-state index < -0.39 is 0 Å². The van der Waals surface area contributed by atoms with Gasteiger partial charge in [-0.1, -0.05) is 53.7 Å². The summed E-state index contributed by atoms with van der Waals surface area (Å²) >= 11 is 1.78. The summed E-state index contributed by atoms with van der Waals surface area (Å²) in [6.07, 6.45) is 6.87. The van der Waals surface area contributed by atoms with Gasteiger partial charge in [-0.15, -0.1) is 0 Å². The average Bonchev–Trinajstić information content (AvgIpc) is 3.35. The minimum Gasteiger partial charge on any atom is -0.378 e. The number of rotatable bonds is 6. The zero-order chi connectivity index (χ0) is 20.9. The second-order valence-corrected chi connectivity index (χ2v) is 9.35. The van der Waals surface area contributed by atoms with E-state index in [0.717, 1.165) is 24.7 Å². The van der Waals surface area contributed by atoms with E-state index in [1.165, 1.54) is 11.1 Å². The normalized spacial score (nSPS) is 23.1. The maximum Gasteiger partial charge on any atom is 0.240 e. The van der Waals surface area contributed by atoms with Gasteiger partial charge in [-0.05, 0) is 18.9 Å². The first-order valence-corrected chi connectivity index (χ1v) is 11.4. The summed E-state index contributed by atoms with van der Waals surface area (Å²) in [5.74, 6) is 0.244. The fraction of sp³-hybridized carbons (Fsp3) is 0.478. The molecule has 2 aromatic rings. The fourth-order valence-electron chi connectivity index (χ4n) is 4.19. The molecule has 0 N–H and O–H groups in total. The van der Waals surface area contributed by atoms with Gasteiger partial charge in [0.05, 0.1) is 19.3 Å². The van der Waals surface area contributed by atoms with Gasteiger partial charge in [0.2, 0.25) is 5.91 Å². The number of ether oxygens (including phenoxy) is 1. The summed E-state index contributed by atoms with van der Waals surface area (Å²) in [4.78, 5) is 22.1. The summed E-state index contributed by atoms with van der Waals surface area (Å²) in [7, 11) is 2.02. The molecule has 2 aliphatic heterocycles. The summed E-state index contributed by atoms with van der Waals surface area (Å²) in [6, 6.07) is 10.3. The first-order chi connectivity index (χ1) is 14.6. The van der Waals surface area contributed by atoms with Crippen molar-refractivity contribution < 1.29 is 9.53 Å². The lowest BCUT2D eigenvalue weighted by molar-refractivity contribution is -0.139. The van der Waals surface area contributed by atoms with Crippen LogP contribution in [-0.4, -0.2) is 75.9 Å². The van der Waals surface area contributed by atoms with Gasteiger partial charge in [0, 0.05) is 50.9 Å². The maximum absolute atomic E-state index is 13.3. The van der Waals surface area contributed by atoms with Crippen LogP contribution < -0.4 is 0 Å². The highest BCUT2D eigenvalue weighted by atomic mass is 32.2. The SMILES string of the molecule is CC(=Cc1ccccc1)CN1C[C@H](Sc2nccn2C)C[C@H]1C(=O)N1CCOCC1. The highest BCUT2D eigenvalue weighted by molar-refractivity contribution is 7.99. The highest BCUT2D eigenvalue weighted by Gasteiger charge is 2.39. The molecular formula is C23H30N4O2S. The molecule has 0 bridgehead atoms. The Morgan fingerprint density at radius 1 is 1.27 bits per heavy atom. The summed E-state index contributed by atoms with van der Waals surface area (Å²) in [5.41, 5.74) is 2.47. The Kier molecular flexibility index (Phi) is 6.92. The van der Waals surface area contributed by atoms with Crippen molar-refractivity contribution >= 4 is 23.7 Å². The molecule has 2 fully saturated rings. The molecule has 1 aromatic carbocycles. The van der Waals surface area contributed by atoms with Crippen molar-refractivity contribution in [2.75, 3.05) is 39.4 Å². The quantitative estimate of drug-likeness (QED) is 0.711. The van der Waals surface area contributed by atoms with Crippen LogP contribution in [-0.2, 0) is 16.6 Å². The Hall–Kier alpha value is -2.09. The summed E-state index contributed by atoms with van der Waals surface area (Å²) in [6.45, 7) is 6.50. The molecule has 0 saturated carbocycles. The molecule has 1 amide bonds. The topological polar surface area (TPSA) is 50.6 Å². The van der Waals surface area contributed by atoms with Crippen LogP contribution in [0, 0.1) is 0 Å². The molecule has 4 rings (SSSR count). The van der Waals surface area contributed by atoms with Crippen molar-refractivity contribution in [1.82, 2.24) is 19.4 Å². The van der Waals surface area contributed by atoms with Crippen molar-refractivity contribution in [2.45, 2.75) is 29.8 Å². The van der Waals surface area contributed by atoms with Crippen LogP contribution in [0.3, 0.4) is 0 Å². The number of thioether (sulfide) groups is 1. The van der Waals surface area contributed by atoms with Crippen LogP contribution in [0.25, 0.3) is 6.08 Å². The maximum atomic E-state index is 13.3. The number of morpholine rings is 1. The van der Waals surface area contributed by atoms with Gasteiger partial charge < -0.3 is 14.2 Å². The molecule has 0 spiro atoms. The van der Waals surface area contributed by atoms with E-state index in [-0.39, 0.29) is 11.9 Å². The first kappa shape index (κ1) is 21.2. The predicted octanol–water partition coefficient (Wildman–Crippen LogP) is 2.92. The number of carbonyl (C=O) groups is 1. The van der Waals surface area contributed by atoms with E-state index in [0.29, 0.717) is 31.6 Å². The largest absolute Gasteiger partial charge is 0.378 e. The minimum atomic E-state index is -0.0833. The molecule has 30 heavy (non-hydrogen) atoms. The Morgan fingerprint density at radius 2 is 2.03 bits per heavy atom. The third-order valence-corrected chi connectivity index (χ3v) is 6.97. The van der Waals surface area contributed by atoms with Crippen molar-refractivity contribution in [3.05, 3.63) is 53.9 Å². The molecule has 7 heteroatoms. The van der Waals surface area contributed by atoms with E-state index in [2.05, 4.69) is 47.1 Å². The van der Waals surface area contributed by atoms with Gasteiger partial charge in [0.1, 0.15) is 0 Å². The molecule has 2 saturated heterocycles. The number of imidazole rings is 1. The molecule has 0 radical (unpaired) electrons. The number of amides is 1. The second kappa shape index (κ2) is 9.81. The third kappa shape index (κ3) is 5.14. The van der Waals surface area contributed by atoms with Gasteiger partial charge in [-0.25, -0.2) is 4.98 Å². The smallest absolute Gasteiger partial charge is 0.240 e. The van der Waals surface area contributed by atoms with Gasteiger partial charge in [0.25, 0.3) is 0 Å². The average molecular weight is 427 g/mol. The third-order valence-electron chi connectivity index (χ3n) is 5.69. The standard InChI is InChI=1S/C23H30N4O2S/c1-18(14-19-6-4-3-5-7-19)16-27-17-20(30-23-24-8-9-25(23)2)15-21(27)22(28)26-10-12-29-13-11-26/h3-9,14,20-21H,10-13,15-17H2,1-2H3/t20-,21+/m1/s1. The lowest BCUT2D eigenvalue weighted by atomic mass is 10.1. The lowest BCUT2D eigenvalue weighted by Gasteiger charge is -2.32. The van der Waals surface area contributed by atoms with Crippen LogP contribution in [0.1, 0.15) is 18.9 Å². The lowest BCUT2D eigenvalue weighted by Crippen LogP contribution is -2.49. The minimum absolute atomic E-state index is 0.0833. The second-order valence-electron chi connectivity index (χ2n) is 8.08. The molecule has 160 valence electrons. The fourth-order valence-corrected chi connectivity index (χ4v) is 5.38. The number of benzene rings is 1. The van der Waals surface area contributed by atoms with E-state index in [1.54, 1.807) is 11.8 Å². The summed E-state index contributed by atoms with van der Waals surface area (Å²) < 4.78 is 7.49. The Balaban J connectivity index is 1.49. The van der Waals surface area contributed by atoms with E-state index in [9.17, 15) is 4.79 Å². The Labute approximate surface area is 182 Å². The van der Waals surface area contributed by atoms with Crippen LogP contribution in [0.5, 0.6) is 0 Å². The number of carbonyl (C=O) groups excluding carboxylic acids is 1. The molecule has 2 aliphatic rings. The van der Waals surface area contributed by atoms with E-state index in [1.807, 2.05) is 35.0 Å². The van der Waals surface area contributed by atoms with Crippen LogP contribution in [0.15, 0.2) is 53.5 Å². The van der Waals surface area contributed by atoms with Crippen molar-refractivity contribution in [3.63, 3.8) is 0 Å². The molecule has 6 nitrogen and oxygen atoms in total. The zero-order valence-electron chi connectivity index (χ0n) is 17.7. The van der Waals surface area contributed by atoms with Crippen molar-refractivity contribution in [1.29, 1.82) is 0 Å². The van der Waals surface area contributed by atoms with Gasteiger partial charge in [0.15, 0.2) is 5.16 Å². The number of hydrogen-bond donors (Lipinski definition) is 0. The highest BCUT2D eigenvalue weighted by Crippen LogP contribution is 2.33. The Bertz CT molecular complexity index is 876. The van der Waals surface area contributed by atoms with Crippen molar-refractivity contribution in [3.8, 4) is 0 Å². The van der Waals surface area contributed by atoms with Gasteiger partial charge in [-0.3, -0.25) is 9.69 Å². The number of hydrogen-bond acceptors (Lipinski definition) is 5. The van der Waals surface area contributed by atoms with E-state index in [4.69, 9.17) is 4.74 Å². The van der Waals surface area contributed by atoms with Gasteiger partial charge >= 0.3 is 0 Å². The molecule has 1 aromatic heterocycles. The predicted molar refractivity (Wildman–Crippen MR) is 120 cm³/mol. The molecular weight excluding hydrogens is 396 g/mol. The van der Waals surface area contributed by atoms with E-state index >= 15 is 0 Å². The Morgan fingerprint density at radius 3 is 2.73 bits per heavy atom. The first-order valence-electron chi connectivity index (χ1n) is 10.6. The van der Waals surface area contributed by atoms with Crippen LogP contribution in [0.2, 0.25) is 0 Å². The van der Waals surface area contributed by atoms with Crippen LogP contribution in [0.4, 0.5) is 0 Å². The monoisotopic (exact) mass is 426 g/mol. The summed E-state index contributed by atoms with van der Waals surface area (Å²) in [5, 5.41) is 1.36. The molecule has 0 aliphatic carbocycles. The van der Waals surface area contributed by atoms with Gasteiger partial charge in [-0.2, -0.15) is 0 Å². The number of aromatic nitrogens is 2. The molecule has 2 atom stereocenters. The number of nitrogens with zero attached hydrogens (tertiary/aromatic N) is 4. The molecule has 3 heterocycles. The van der Waals surface area contributed by atoms with Crippen LogP contribution >= 0.6 is 11.8 Å². The number of likely N-dealkylation sites (tertiary alicyclic amines) is 1.